The summed E-state index contributed by atoms with van der Waals surface area (Å²) in [5, 5.41) is 2.99. The van der Waals surface area contributed by atoms with Gasteiger partial charge in [-0.25, -0.2) is 4.98 Å². The second-order valence-corrected chi connectivity index (χ2v) is 5.85. The first kappa shape index (κ1) is 13.5. The van der Waals surface area contributed by atoms with Crippen LogP contribution in [0.5, 0.6) is 0 Å². The van der Waals surface area contributed by atoms with E-state index in [1.54, 1.807) is 23.3 Å². The number of hydrogen-bond donors (Lipinski definition) is 1. The fourth-order valence-corrected chi connectivity index (χ4v) is 2.73. The van der Waals surface area contributed by atoms with Crippen LogP contribution in [-0.2, 0) is 16.1 Å². The van der Waals surface area contributed by atoms with Gasteiger partial charge in [0, 0.05) is 25.6 Å². The number of likely N-dealkylation sites (N-methyl/N-ethyl adjacent to an activating group) is 1. The molecular formula is C12H19N3O2S. The zero-order valence-electron chi connectivity index (χ0n) is 10.8. The number of thiazole rings is 1. The second kappa shape index (κ2) is 5.34. The first-order valence-corrected chi connectivity index (χ1v) is 6.92. The smallest absolute Gasteiger partial charge is 0.242 e. The first-order valence-electron chi connectivity index (χ1n) is 6.04. The summed E-state index contributed by atoms with van der Waals surface area (Å²) in [6, 6.07) is 0. The van der Waals surface area contributed by atoms with Gasteiger partial charge < -0.3 is 15.4 Å². The minimum absolute atomic E-state index is 0.0172. The minimum atomic E-state index is -0.766. The van der Waals surface area contributed by atoms with E-state index in [4.69, 9.17) is 10.5 Å². The summed E-state index contributed by atoms with van der Waals surface area (Å²) in [5.41, 5.74) is 6.33. The predicted molar refractivity (Wildman–Crippen MR) is 70.3 cm³/mol. The lowest BCUT2D eigenvalue weighted by Gasteiger charge is -2.35. The Balaban J connectivity index is 1.99. The highest BCUT2D eigenvalue weighted by Gasteiger charge is 2.37. The van der Waals surface area contributed by atoms with Gasteiger partial charge >= 0.3 is 0 Å². The summed E-state index contributed by atoms with van der Waals surface area (Å²) in [7, 11) is 1.78. The van der Waals surface area contributed by atoms with Crippen LogP contribution in [0.2, 0.25) is 0 Å². The molecule has 1 aliphatic rings. The minimum Gasteiger partial charge on any atom is -0.381 e. The number of carbonyl (C=O) groups excluding carboxylic acids is 1. The summed E-state index contributed by atoms with van der Waals surface area (Å²) in [6.07, 6.45) is 1.18. The molecule has 0 atom stereocenters. The number of aromatic nitrogens is 1. The Hall–Kier alpha value is -0.980. The molecule has 2 N–H and O–H groups in total. The molecule has 1 saturated heterocycles. The molecule has 2 rings (SSSR count). The van der Waals surface area contributed by atoms with Gasteiger partial charge in [0.25, 0.3) is 0 Å². The number of amides is 1. The lowest BCUT2D eigenvalue weighted by atomic mass is 9.90. The molecule has 0 radical (unpaired) electrons. The quantitative estimate of drug-likeness (QED) is 0.886. The maximum absolute atomic E-state index is 12.4. The molecule has 0 bridgehead atoms. The molecular weight excluding hydrogens is 250 g/mol. The number of ether oxygens (including phenoxy) is 1. The topological polar surface area (TPSA) is 68.5 Å². The van der Waals surface area contributed by atoms with Crippen LogP contribution in [0.1, 0.15) is 23.5 Å². The van der Waals surface area contributed by atoms with Crippen molar-refractivity contribution in [1.29, 1.82) is 0 Å². The van der Waals surface area contributed by atoms with Crippen molar-refractivity contribution in [3.63, 3.8) is 0 Å². The Morgan fingerprint density at radius 3 is 2.83 bits per heavy atom. The molecule has 1 amide bonds. The average Bonchev–Trinajstić information content (AvgIpc) is 2.74. The van der Waals surface area contributed by atoms with Crippen molar-refractivity contribution in [2.45, 2.75) is 31.8 Å². The average molecular weight is 269 g/mol. The van der Waals surface area contributed by atoms with Gasteiger partial charge in [-0.15, -0.1) is 11.3 Å². The van der Waals surface area contributed by atoms with E-state index in [-0.39, 0.29) is 5.91 Å². The molecule has 5 nitrogen and oxygen atoms in total. The van der Waals surface area contributed by atoms with Crippen molar-refractivity contribution in [3.05, 3.63) is 16.1 Å². The molecule has 0 saturated carbocycles. The predicted octanol–water partition coefficient (Wildman–Crippen LogP) is 0.918. The normalized spacial score (nSPS) is 18.6. The van der Waals surface area contributed by atoms with Gasteiger partial charge in [-0.1, -0.05) is 0 Å². The molecule has 1 aromatic rings. The molecule has 1 aromatic heterocycles. The molecule has 0 aromatic carbocycles. The zero-order chi connectivity index (χ0) is 13.2. The molecule has 0 unspecified atom stereocenters. The summed E-state index contributed by atoms with van der Waals surface area (Å²) < 4.78 is 5.26. The Kier molecular flexibility index (Phi) is 3.99. The summed E-state index contributed by atoms with van der Waals surface area (Å²) >= 11 is 1.59. The molecule has 18 heavy (non-hydrogen) atoms. The van der Waals surface area contributed by atoms with Gasteiger partial charge in [-0.05, 0) is 19.8 Å². The molecule has 100 valence electrons. The van der Waals surface area contributed by atoms with Crippen molar-refractivity contribution >= 4 is 17.2 Å². The number of rotatable bonds is 3. The van der Waals surface area contributed by atoms with E-state index in [9.17, 15) is 4.79 Å². The van der Waals surface area contributed by atoms with Crippen molar-refractivity contribution in [1.82, 2.24) is 9.88 Å². The third kappa shape index (κ3) is 2.88. The van der Waals surface area contributed by atoms with Gasteiger partial charge in [0.15, 0.2) is 0 Å². The van der Waals surface area contributed by atoms with Crippen molar-refractivity contribution in [3.8, 4) is 0 Å². The van der Waals surface area contributed by atoms with E-state index in [1.165, 1.54) is 0 Å². The first-order chi connectivity index (χ1) is 8.51. The monoisotopic (exact) mass is 269 g/mol. The lowest BCUT2D eigenvalue weighted by Crippen LogP contribution is -2.57. The van der Waals surface area contributed by atoms with E-state index >= 15 is 0 Å². The molecule has 2 heterocycles. The van der Waals surface area contributed by atoms with E-state index in [0.717, 1.165) is 10.7 Å². The Morgan fingerprint density at radius 1 is 1.61 bits per heavy atom. The van der Waals surface area contributed by atoms with Crippen molar-refractivity contribution in [2.24, 2.45) is 5.73 Å². The van der Waals surface area contributed by atoms with Crippen LogP contribution in [0.3, 0.4) is 0 Å². The third-order valence-electron chi connectivity index (χ3n) is 3.22. The van der Waals surface area contributed by atoms with Crippen LogP contribution in [-0.4, -0.2) is 41.6 Å². The number of nitrogens with two attached hydrogens (primary N) is 1. The van der Waals surface area contributed by atoms with Crippen LogP contribution < -0.4 is 5.73 Å². The van der Waals surface area contributed by atoms with E-state index in [1.807, 2.05) is 12.3 Å². The highest BCUT2D eigenvalue weighted by Crippen LogP contribution is 2.21. The number of carbonyl (C=O) groups is 1. The van der Waals surface area contributed by atoms with E-state index < -0.39 is 5.54 Å². The van der Waals surface area contributed by atoms with Crippen LogP contribution in [0.15, 0.2) is 5.38 Å². The largest absolute Gasteiger partial charge is 0.381 e. The fourth-order valence-electron chi connectivity index (χ4n) is 2.13. The van der Waals surface area contributed by atoms with Gasteiger partial charge in [-0.3, -0.25) is 4.79 Å². The van der Waals surface area contributed by atoms with E-state index in [0.29, 0.717) is 32.6 Å². The number of hydrogen-bond acceptors (Lipinski definition) is 5. The molecule has 6 heteroatoms. The highest BCUT2D eigenvalue weighted by atomic mass is 32.1. The SMILES string of the molecule is Cc1nc(CN(C)C(=O)C2(N)CCOCC2)cs1. The van der Waals surface area contributed by atoms with Gasteiger partial charge in [-0.2, -0.15) is 0 Å². The Morgan fingerprint density at radius 2 is 2.28 bits per heavy atom. The van der Waals surface area contributed by atoms with E-state index in [2.05, 4.69) is 4.98 Å². The lowest BCUT2D eigenvalue weighted by molar-refractivity contribution is -0.139. The maximum atomic E-state index is 12.4. The number of nitrogens with zero attached hydrogens (tertiary/aromatic N) is 2. The van der Waals surface area contributed by atoms with Crippen LogP contribution in [0.25, 0.3) is 0 Å². The summed E-state index contributed by atoms with van der Waals surface area (Å²) in [6.45, 7) is 3.60. The summed E-state index contributed by atoms with van der Waals surface area (Å²) in [5.74, 6) is -0.0172. The highest BCUT2D eigenvalue weighted by molar-refractivity contribution is 7.09. The van der Waals surface area contributed by atoms with Crippen LogP contribution in [0, 0.1) is 6.92 Å². The molecule has 0 aliphatic carbocycles. The van der Waals surface area contributed by atoms with Crippen LogP contribution >= 0.6 is 11.3 Å². The summed E-state index contributed by atoms with van der Waals surface area (Å²) in [4.78, 5) is 18.4. The van der Waals surface area contributed by atoms with Gasteiger partial charge in [0.05, 0.1) is 22.8 Å². The maximum Gasteiger partial charge on any atom is 0.242 e. The standard InChI is InChI=1S/C12H19N3O2S/c1-9-14-10(8-18-9)7-15(2)11(16)12(13)3-5-17-6-4-12/h8H,3-7,13H2,1-2H3. The molecule has 1 aliphatic heterocycles. The second-order valence-electron chi connectivity index (χ2n) is 4.79. The Bertz CT molecular complexity index is 427. The van der Waals surface area contributed by atoms with Crippen molar-refractivity contribution < 1.29 is 9.53 Å². The number of aryl methyl sites for hydroxylation is 1. The third-order valence-corrected chi connectivity index (χ3v) is 4.05. The van der Waals surface area contributed by atoms with Crippen molar-refractivity contribution in [2.75, 3.05) is 20.3 Å². The Labute approximate surface area is 111 Å². The fraction of sp³-hybridized carbons (Fsp3) is 0.667. The zero-order valence-corrected chi connectivity index (χ0v) is 11.6. The van der Waals surface area contributed by atoms with Gasteiger partial charge in [0.1, 0.15) is 0 Å². The van der Waals surface area contributed by atoms with Gasteiger partial charge in [0.2, 0.25) is 5.91 Å². The van der Waals surface area contributed by atoms with Crippen LogP contribution in [0.4, 0.5) is 0 Å². The molecule has 0 spiro atoms. The molecule has 1 fully saturated rings.